The first-order chi connectivity index (χ1) is 13.9. The maximum Gasteiger partial charge on any atom is 0.311 e. The highest BCUT2D eigenvalue weighted by atomic mass is 16.4. The average Bonchev–Trinajstić information content (AvgIpc) is 3.36. The Labute approximate surface area is 168 Å². The molecule has 1 fully saturated rings. The second kappa shape index (κ2) is 7.20. The molecule has 0 spiro atoms. The summed E-state index contributed by atoms with van der Waals surface area (Å²) in [5, 5.41) is 9.44. The number of carbonyl (C=O) groups excluding carboxylic acids is 1. The monoisotopic (exact) mass is 390 g/mol. The number of carbonyl (C=O) groups is 2. The van der Waals surface area contributed by atoms with Gasteiger partial charge in [0.1, 0.15) is 0 Å². The summed E-state index contributed by atoms with van der Waals surface area (Å²) in [5.41, 5.74) is 2.21. The van der Waals surface area contributed by atoms with Crippen molar-refractivity contribution in [1.29, 1.82) is 0 Å². The highest BCUT2D eigenvalue weighted by Crippen LogP contribution is 2.33. The van der Waals surface area contributed by atoms with E-state index >= 15 is 0 Å². The molecule has 2 heterocycles. The molecule has 29 heavy (non-hydrogen) atoms. The van der Waals surface area contributed by atoms with E-state index < -0.39 is 11.4 Å². The molecule has 148 valence electrons. The maximum atomic E-state index is 13.1. The molecule has 1 N–H and O–H groups in total. The van der Waals surface area contributed by atoms with Crippen LogP contribution in [0.2, 0.25) is 0 Å². The lowest BCUT2D eigenvalue weighted by Crippen LogP contribution is -2.35. The molecule has 0 saturated carbocycles. The van der Waals surface area contributed by atoms with Gasteiger partial charge in [-0.3, -0.25) is 9.59 Å². The van der Waals surface area contributed by atoms with Crippen molar-refractivity contribution in [3.05, 3.63) is 65.9 Å². The van der Waals surface area contributed by atoms with Gasteiger partial charge in [0, 0.05) is 24.2 Å². The number of amides is 1. The highest BCUT2D eigenvalue weighted by molar-refractivity contribution is 6.00. The largest absolute Gasteiger partial charge is 0.481 e. The van der Waals surface area contributed by atoms with Crippen molar-refractivity contribution < 1.29 is 19.1 Å². The van der Waals surface area contributed by atoms with E-state index in [1.54, 1.807) is 36.2 Å². The third-order valence-corrected chi connectivity index (χ3v) is 5.51. The SMILES string of the molecule is Cc1ccc(-c2cnc(-c3ccccc3C(=O)N3CCC(C)(C(=O)O)C3)o2)cc1. The summed E-state index contributed by atoms with van der Waals surface area (Å²) in [6.45, 7) is 4.30. The Kier molecular flexibility index (Phi) is 4.70. The summed E-state index contributed by atoms with van der Waals surface area (Å²) in [7, 11) is 0. The van der Waals surface area contributed by atoms with Crippen LogP contribution < -0.4 is 0 Å². The number of aromatic nitrogens is 1. The molecule has 1 atom stereocenters. The van der Waals surface area contributed by atoms with Crippen LogP contribution in [0.4, 0.5) is 0 Å². The fourth-order valence-electron chi connectivity index (χ4n) is 3.59. The molecule has 1 unspecified atom stereocenters. The lowest BCUT2D eigenvalue weighted by molar-refractivity contribution is -0.147. The number of hydrogen-bond acceptors (Lipinski definition) is 4. The first-order valence-corrected chi connectivity index (χ1v) is 9.52. The van der Waals surface area contributed by atoms with Crippen LogP contribution in [0.3, 0.4) is 0 Å². The van der Waals surface area contributed by atoms with E-state index in [2.05, 4.69) is 4.98 Å². The zero-order valence-corrected chi connectivity index (χ0v) is 16.4. The van der Waals surface area contributed by atoms with Crippen LogP contribution in [-0.2, 0) is 4.79 Å². The smallest absolute Gasteiger partial charge is 0.311 e. The minimum Gasteiger partial charge on any atom is -0.481 e. The Balaban J connectivity index is 1.64. The quantitative estimate of drug-likeness (QED) is 0.720. The number of oxazole rings is 1. The molecule has 2 aromatic carbocycles. The van der Waals surface area contributed by atoms with Crippen LogP contribution in [-0.4, -0.2) is 40.0 Å². The summed E-state index contributed by atoms with van der Waals surface area (Å²) < 4.78 is 5.95. The Morgan fingerprint density at radius 1 is 1.14 bits per heavy atom. The number of nitrogens with zero attached hydrogens (tertiary/aromatic N) is 2. The van der Waals surface area contributed by atoms with E-state index in [4.69, 9.17) is 4.42 Å². The van der Waals surface area contributed by atoms with Crippen LogP contribution in [0.15, 0.2) is 59.1 Å². The molecular weight excluding hydrogens is 368 g/mol. The molecule has 1 aromatic heterocycles. The molecule has 0 radical (unpaired) electrons. The number of rotatable bonds is 4. The van der Waals surface area contributed by atoms with Gasteiger partial charge in [-0.2, -0.15) is 0 Å². The first kappa shape index (κ1) is 18.9. The predicted molar refractivity (Wildman–Crippen MR) is 108 cm³/mol. The molecule has 3 aromatic rings. The summed E-state index contributed by atoms with van der Waals surface area (Å²) in [5.74, 6) is -0.0937. The normalized spacial score (nSPS) is 18.8. The zero-order valence-electron chi connectivity index (χ0n) is 16.4. The van der Waals surface area contributed by atoms with E-state index in [9.17, 15) is 14.7 Å². The van der Waals surface area contributed by atoms with Gasteiger partial charge in [0.05, 0.1) is 17.2 Å². The Morgan fingerprint density at radius 2 is 1.86 bits per heavy atom. The van der Waals surface area contributed by atoms with Crippen molar-refractivity contribution >= 4 is 11.9 Å². The first-order valence-electron chi connectivity index (χ1n) is 9.52. The van der Waals surface area contributed by atoms with Crippen molar-refractivity contribution in [2.75, 3.05) is 13.1 Å². The van der Waals surface area contributed by atoms with Gasteiger partial charge in [-0.15, -0.1) is 0 Å². The molecule has 4 rings (SSSR count). The third kappa shape index (κ3) is 3.53. The lowest BCUT2D eigenvalue weighted by Gasteiger charge is -2.21. The van der Waals surface area contributed by atoms with E-state index in [-0.39, 0.29) is 12.5 Å². The zero-order chi connectivity index (χ0) is 20.6. The summed E-state index contributed by atoms with van der Waals surface area (Å²) in [6.07, 6.45) is 2.09. The molecule has 1 aliphatic heterocycles. The molecule has 1 amide bonds. The second-order valence-corrected chi connectivity index (χ2v) is 7.78. The van der Waals surface area contributed by atoms with Crippen LogP contribution in [0.25, 0.3) is 22.8 Å². The number of benzene rings is 2. The van der Waals surface area contributed by atoms with E-state index in [1.807, 2.05) is 37.3 Å². The van der Waals surface area contributed by atoms with Gasteiger partial charge in [0.25, 0.3) is 5.91 Å². The number of carboxylic acids is 1. The fraction of sp³-hybridized carbons (Fsp3) is 0.261. The fourth-order valence-corrected chi connectivity index (χ4v) is 3.59. The highest BCUT2D eigenvalue weighted by Gasteiger charge is 2.42. The number of carboxylic acid groups (broad SMARTS) is 1. The van der Waals surface area contributed by atoms with Gasteiger partial charge < -0.3 is 14.4 Å². The minimum absolute atomic E-state index is 0.190. The van der Waals surface area contributed by atoms with Gasteiger partial charge in [-0.05, 0) is 32.4 Å². The van der Waals surface area contributed by atoms with Gasteiger partial charge in [0.2, 0.25) is 5.89 Å². The van der Waals surface area contributed by atoms with Crippen molar-refractivity contribution in [2.24, 2.45) is 5.41 Å². The van der Waals surface area contributed by atoms with E-state index in [0.717, 1.165) is 11.1 Å². The number of aryl methyl sites for hydroxylation is 1. The molecule has 6 nitrogen and oxygen atoms in total. The number of hydrogen-bond donors (Lipinski definition) is 1. The van der Waals surface area contributed by atoms with Crippen molar-refractivity contribution in [1.82, 2.24) is 9.88 Å². The topological polar surface area (TPSA) is 83.6 Å². The molecular formula is C23H22N2O4. The maximum absolute atomic E-state index is 13.1. The van der Waals surface area contributed by atoms with Crippen molar-refractivity contribution in [3.8, 4) is 22.8 Å². The Hall–Kier alpha value is -3.41. The number of likely N-dealkylation sites (tertiary alicyclic amines) is 1. The van der Waals surface area contributed by atoms with Crippen LogP contribution in [0.1, 0.15) is 29.3 Å². The predicted octanol–water partition coefficient (Wildman–Crippen LogP) is 4.25. The van der Waals surface area contributed by atoms with Crippen molar-refractivity contribution in [3.63, 3.8) is 0 Å². The van der Waals surface area contributed by atoms with Gasteiger partial charge in [0.15, 0.2) is 5.76 Å². The number of aliphatic carboxylic acids is 1. The van der Waals surface area contributed by atoms with Gasteiger partial charge in [-0.1, -0.05) is 42.0 Å². The molecule has 6 heteroatoms. The van der Waals surface area contributed by atoms with E-state index in [0.29, 0.717) is 35.7 Å². The minimum atomic E-state index is -0.911. The van der Waals surface area contributed by atoms with Crippen molar-refractivity contribution in [2.45, 2.75) is 20.3 Å². The van der Waals surface area contributed by atoms with Crippen LogP contribution >= 0.6 is 0 Å². The second-order valence-electron chi connectivity index (χ2n) is 7.78. The summed E-state index contributed by atoms with van der Waals surface area (Å²) >= 11 is 0. The standard InChI is InChI=1S/C23H22N2O4/c1-15-7-9-16(10-8-15)19-13-24-20(29-19)17-5-3-4-6-18(17)21(26)25-12-11-23(2,14-25)22(27)28/h3-10,13H,11-12,14H2,1-2H3,(H,27,28). The Morgan fingerprint density at radius 3 is 2.55 bits per heavy atom. The van der Waals surface area contributed by atoms with Gasteiger partial charge >= 0.3 is 5.97 Å². The summed E-state index contributed by atoms with van der Waals surface area (Å²) in [6, 6.07) is 15.1. The molecule has 0 aliphatic carbocycles. The van der Waals surface area contributed by atoms with Crippen LogP contribution in [0, 0.1) is 12.3 Å². The van der Waals surface area contributed by atoms with E-state index in [1.165, 1.54) is 0 Å². The lowest BCUT2D eigenvalue weighted by atomic mass is 9.90. The molecule has 1 aliphatic rings. The molecule has 0 bridgehead atoms. The molecule has 1 saturated heterocycles. The average molecular weight is 390 g/mol. The Bertz CT molecular complexity index is 1070. The third-order valence-electron chi connectivity index (χ3n) is 5.51. The van der Waals surface area contributed by atoms with Crippen LogP contribution in [0.5, 0.6) is 0 Å². The summed E-state index contributed by atoms with van der Waals surface area (Å²) in [4.78, 5) is 30.6. The van der Waals surface area contributed by atoms with Gasteiger partial charge in [-0.25, -0.2) is 4.98 Å².